The number of carboxylic acid groups (broad SMARTS) is 1. The number of amides is 1. The molecule has 0 spiro atoms. The fourth-order valence-corrected chi connectivity index (χ4v) is 6.57. The van der Waals surface area contributed by atoms with Crippen molar-refractivity contribution in [3.63, 3.8) is 0 Å². The molecule has 1 amide bonds. The second-order valence-electron chi connectivity index (χ2n) is 12.8. The molecule has 1 fully saturated rings. The maximum absolute atomic E-state index is 15.9. The number of nitrogens with zero attached hydrogens (tertiary/aromatic N) is 2. The second-order valence-corrected chi connectivity index (χ2v) is 12.8. The Kier molecular flexibility index (Phi) is 9.83. The zero-order valence-electron chi connectivity index (χ0n) is 27.4. The van der Waals surface area contributed by atoms with E-state index in [1.807, 2.05) is 0 Å². The Bertz CT molecular complexity index is 2160. The number of carbonyl (C=O) groups is 2. The molecule has 53 heavy (non-hydrogen) atoms. The van der Waals surface area contributed by atoms with Crippen LogP contribution in [0.1, 0.15) is 51.9 Å². The molecular weight excluding hydrogens is 725 g/mol. The number of likely N-dealkylation sites (tertiary alicyclic amines) is 1. The Morgan fingerprint density at radius 2 is 1.64 bits per heavy atom. The zero-order valence-corrected chi connectivity index (χ0v) is 27.4. The molecule has 4 bridgehead atoms. The second kappa shape index (κ2) is 13.9. The lowest BCUT2D eigenvalue weighted by Gasteiger charge is -2.34. The summed E-state index contributed by atoms with van der Waals surface area (Å²) in [7, 11) is 0. The lowest BCUT2D eigenvalue weighted by Crippen LogP contribution is -2.49. The van der Waals surface area contributed by atoms with Gasteiger partial charge in [0.05, 0.1) is 23.6 Å². The van der Waals surface area contributed by atoms with Crippen LogP contribution in [0, 0.1) is 18.6 Å². The summed E-state index contributed by atoms with van der Waals surface area (Å²) in [5.41, 5.74) is -7.00. The van der Waals surface area contributed by atoms with Gasteiger partial charge in [0.15, 0.2) is 0 Å². The molecule has 0 radical (unpaired) electrons. The van der Waals surface area contributed by atoms with Crippen molar-refractivity contribution in [1.82, 2.24) is 14.8 Å². The van der Waals surface area contributed by atoms with E-state index in [0.717, 1.165) is 48.5 Å². The van der Waals surface area contributed by atoms with Gasteiger partial charge in [-0.05, 0) is 72.5 Å². The first-order chi connectivity index (χ1) is 24.8. The van der Waals surface area contributed by atoms with Gasteiger partial charge < -0.3 is 15.2 Å². The maximum Gasteiger partial charge on any atom is 0.417 e. The number of aromatic nitrogens is 1. The predicted octanol–water partition coefficient (Wildman–Crippen LogP) is 7.36. The van der Waals surface area contributed by atoms with Crippen molar-refractivity contribution >= 4 is 11.9 Å². The van der Waals surface area contributed by atoms with Crippen molar-refractivity contribution < 1.29 is 58.9 Å². The number of benzene rings is 3. The standard InChI is InChI=1S/C36H28F9N3O5/c1-17-9-19-10-23(32(17)39)27(13-30(50)51)46-34(52)33(48-14-18(7-8-47-15-20(37)16-47)25(12-29(48)49)36(43,44)45)22-11-21(5-6-26(22)38)53-28-4-2-3-24(31(19)28)35(40,41)42/h2-6,9-12,14,20,27,33H,7-8,13,15-16H2,1H3,(H,46,52)(H,50,51)/t27-,33-/m1/s1. The highest BCUT2D eigenvalue weighted by atomic mass is 19.4. The maximum atomic E-state index is 15.9. The van der Waals surface area contributed by atoms with Crippen molar-refractivity contribution in [2.45, 2.75) is 50.4 Å². The number of rotatable bonds is 6. The average Bonchev–Trinajstić information content (AvgIpc) is 3.04. The van der Waals surface area contributed by atoms with Crippen LogP contribution in [0.25, 0.3) is 11.1 Å². The third-order valence-corrected chi connectivity index (χ3v) is 9.07. The van der Waals surface area contributed by atoms with Crippen molar-refractivity contribution in [3.8, 4) is 22.6 Å². The molecule has 2 atom stereocenters. The van der Waals surface area contributed by atoms with E-state index in [1.165, 1.54) is 11.8 Å². The smallest absolute Gasteiger partial charge is 0.417 e. The molecule has 1 saturated heterocycles. The van der Waals surface area contributed by atoms with Gasteiger partial charge in [-0.1, -0.05) is 6.07 Å². The summed E-state index contributed by atoms with van der Waals surface area (Å²) >= 11 is 0. The fourth-order valence-electron chi connectivity index (χ4n) is 6.57. The fraction of sp³-hybridized carbons (Fsp3) is 0.306. The van der Waals surface area contributed by atoms with Gasteiger partial charge >= 0.3 is 18.3 Å². The number of fused-ring (bicyclic) bond motifs is 6. The van der Waals surface area contributed by atoms with Crippen molar-refractivity contribution in [1.29, 1.82) is 0 Å². The van der Waals surface area contributed by atoms with E-state index in [0.29, 0.717) is 10.8 Å². The summed E-state index contributed by atoms with van der Waals surface area (Å²) in [4.78, 5) is 41.3. The van der Waals surface area contributed by atoms with Crippen LogP contribution >= 0.6 is 0 Å². The average molecular weight is 754 g/mol. The quantitative estimate of drug-likeness (QED) is 0.200. The molecule has 3 aromatic carbocycles. The first kappa shape index (κ1) is 37.4. The van der Waals surface area contributed by atoms with Gasteiger partial charge in [-0.25, -0.2) is 13.2 Å². The summed E-state index contributed by atoms with van der Waals surface area (Å²) in [5.74, 6) is -6.13. The van der Waals surface area contributed by atoms with Gasteiger partial charge in [-0.15, -0.1) is 0 Å². The molecule has 3 heterocycles. The van der Waals surface area contributed by atoms with Gasteiger partial charge in [0.2, 0.25) is 5.91 Å². The van der Waals surface area contributed by atoms with Gasteiger partial charge in [0.25, 0.3) is 5.56 Å². The summed E-state index contributed by atoms with van der Waals surface area (Å²) in [6.45, 7) is 1.03. The van der Waals surface area contributed by atoms with Crippen LogP contribution in [0.2, 0.25) is 0 Å². The molecule has 2 aliphatic heterocycles. The molecular formula is C36H28F9N3O5. The summed E-state index contributed by atoms with van der Waals surface area (Å²) in [6, 6.07) is 3.60. The van der Waals surface area contributed by atoms with E-state index < -0.39 is 105 Å². The number of hydrogen-bond donors (Lipinski definition) is 2. The van der Waals surface area contributed by atoms with Crippen LogP contribution in [0.15, 0.2) is 65.6 Å². The lowest BCUT2D eigenvalue weighted by molar-refractivity contribution is -0.139. The molecule has 8 nitrogen and oxygen atoms in total. The van der Waals surface area contributed by atoms with E-state index in [1.54, 1.807) is 0 Å². The molecule has 280 valence electrons. The molecule has 6 rings (SSSR count). The van der Waals surface area contributed by atoms with E-state index >= 15 is 8.78 Å². The minimum atomic E-state index is -5.06. The molecule has 1 aromatic heterocycles. The number of ether oxygens (including phenoxy) is 1. The minimum Gasteiger partial charge on any atom is -0.481 e. The van der Waals surface area contributed by atoms with Gasteiger partial charge in [-0.3, -0.25) is 23.9 Å². The Balaban J connectivity index is 1.61. The molecule has 0 saturated carbocycles. The molecule has 4 aromatic rings. The SMILES string of the molecule is Cc1cc2cc(c1F)[C@@H](CC(=O)O)NC(=O)[C@H](n1cc(CCN3CC(F)C3)c(C(F)(F)F)cc1=O)c1cc(ccc1F)Oc1cccc(C(F)(F)F)c1-2. The lowest BCUT2D eigenvalue weighted by atomic mass is 9.91. The van der Waals surface area contributed by atoms with Crippen LogP contribution in [0.5, 0.6) is 11.5 Å². The zero-order chi connectivity index (χ0) is 38.6. The van der Waals surface area contributed by atoms with Gasteiger partial charge in [-0.2, -0.15) is 26.3 Å². The van der Waals surface area contributed by atoms with Crippen LogP contribution in [-0.4, -0.2) is 52.3 Å². The Morgan fingerprint density at radius 3 is 2.28 bits per heavy atom. The number of aliphatic carboxylic acids is 1. The Hall–Kier alpha value is -5.32. The topological polar surface area (TPSA) is 101 Å². The number of hydrogen-bond acceptors (Lipinski definition) is 5. The van der Waals surface area contributed by atoms with Crippen LogP contribution in [0.4, 0.5) is 39.5 Å². The van der Waals surface area contributed by atoms with Gasteiger partial charge in [0.1, 0.15) is 35.3 Å². The third kappa shape index (κ3) is 7.61. The largest absolute Gasteiger partial charge is 0.481 e. The highest BCUT2D eigenvalue weighted by molar-refractivity contribution is 5.85. The third-order valence-electron chi connectivity index (χ3n) is 9.07. The van der Waals surface area contributed by atoms with E-state index in [4.69, 9.17) is 4.74 Å². The Labute approximate surface area is 294 Å². The highest BCUT2D eigenvalue weighted by Crippen LogP contribution is 2.45. The number of carboxylic acids is 1. The molecule has 17 heteroatoms. The molecule has 0 unspecified atom stereocenters. The number of aryl methyl sites for hydroxylation is 1. The number of nitrogens with one attached hydrogen (secondary N) is 1. The van der Waals surface area contributed by atoms with Crippen LogP contribution < -0.4 is 15.6 Å². The summed E-state index contributed by atoms with van der Waals surface area (Å²) in [5, 5.41) is 12.0. The van der Waals surface area contributed by atoms with Crippen LogP contribution in [-0.2, 0) is 28.4 Å². The van der Waals surface area contributed by atoms with Crippen molar-refractivity contribution in [3.05, 3.63) is 116 Å². The summed E-state index contributed by atoms with van der Waals surface area (Å²) in [6.07, 6.45) is -12.0. The van der Waals surface area contributed by atoms with E-state index in [2.05, 4.69) is 5.32 Å². The number of alkyl halides is 7. The van der Waals surface area contributed by atoms with Crippen molar-refractivity contribution in [2.24, 2.45) is 0 Å². The molecule has 0 aliphatic carbocycles. The van der Waals surface area contributed by atoms with E-state index in [-0.39, 0.29) is 49.0 Å². The number of pyridine rings is 1. The normalized spacial score (nSPS) is 18.1. The molecule has 2 N–H and O–H groups in total. The van der Waals surface area contributed by atoms with Crippen LogP contribution in [0.3, 0.4) is 0 Å². The molecule has 2 aliphatic rings. The number of halogens is 9. The first-order valence-corrected chi connectivity index (χ1v) is 16.0. The van der Waals surface area contributed by atoms with Gasteiger partial charge in [0, 0.05) is 48.6 Å². The number of carbonyl (C=O) groups excluding carboxylic acids is 1. The monoisotopic (exact) mass is 753 g/mol. The highest BCUT2D eigenvalue weighted by Gasteiger charge is 2.39. The first-order valence-electron chi connectivity index (χ1n) is 16.0. The minimum absolute atomic E-state index is 0.0418. The summed E-state index contributed by atoms with van der Waals surface area (Å²) < 4.78 is 137. The predicted molar refractivity (Wildman–Crippen MR) is 170 cm³/mol. The van der Waals surface area contributed by atoms with Crippen molar-refractivity contribution in [2.75, 3.05) is 19.6 Å². The Morgan fingerprint density at radius 1 is 0.943 bits per heavy atom. The van der Waals surface area contributed by atoms with E-state index in [9.17, 15) is 50.2 Å².